The highest BCUT2D eigenvalue weighted by Crippen LogP contribution is 2.60. The van der Waals surface area contributed by atoms with Crippen LogP contribution in [-0.2, 0) is 29.2 Å². The van der Waals surface area contributed by atoms with Gasteiger partial charge < -0.3 is 9.47 Å². The van der Waals surface area contributed by atoms with Crippen LogP contribution in [0.1, 0.15) is 45.4 Å². The van der Waals surface area contributed by atoms with Crippen LogP contribution in [0.25, 0.3) is 0 Å². The highest BCUT2D eigenvalue weighted by Gasteiger charge is 2.59. The molecule has 0 aromatic carbocycles. The van der Waals surface area contributed by atoms with Crippen LogP contribution in [0.5, 0.6) is 0 Å². The fraction of sp³-hybridized carbons (Fsp3) is 0.875. The Morgan fingerprint density at radius 1 is 1.12 bits per heavy atom. The predicted octanol–water partition coefficient (Wildman–Crippen LogP) is 2.16. The molecule has 0 aromatic heterocycles. The summed E-state index contributed by atoms with van der Waals surface area (Å²) >= 11 is 0. The second-order valence-electron chi connectivity index (χ2n) is 7.65. The summed E-state index contributed by atoms with van der Waals surface area (Å²) < 4.78 is 65.4. The maximum Gasteiger partial charge on any atom is 0.465 e. The standard InChI is InChI=1S/C16H22F2O7S/c1-2-15(11-4-9-3-10(6-11)7-12(15)5-9)25-13(19)8-24-14(20)16(17,18)26(21,22)23/h9-12H,2-8H2,1H3,(H,21,22,23). The third-order valence-electron chi connectivity index (χ3n) is 6.26. The highest BCUT2D eigenvalue weighted by atomic mass is 32.2. The summed E-state index contributed by atoms with van der Waals surface area (Å²) in [5.74, 6) is -1.79. The molecule has 4 aliphatic carbocycles. The molecule has 0 aliphatic heterocycles. The van der Waals surface area contributed by atoms with Gasteiger partial charge in [-0.3, -0.25) is 4.55 Å². The van der Waals surface area contributed by atoms with E-state index < -0.39 is 39.5 Å². The van der Waals surface area contributed by atoms with Crippen molar-refractivity contribution in [1.29, 1.82) is 0 Å². The van der Waals surface area contributed by atoms with Crippen LogP contribution in [-0.4, -0.2) is 42.4 Å². The number of halogens is 2. The van der Waals surface area contributed by atoms with Gasteiger partial charge in [0.1, 0.15) is 5.60 Å². The highest BCUT2D eigenvalue weighted by molar-refractivity contribution is 7.87. The van der Waals surface area contributed by atoms with E-state index in [1.165, 1.54) is 6.42 Å². The van der Waals surface area contributed by atoms with Crippen LogP contribution in [0.2, 0.25) is 0 Å². The smallest absolute Gasteiger partial charge is 0.456 e. The molecule has 0 aromatic rings. The first-order valence-corrected chi connectivity index (χ1v) is 10.2. The largest absolute Gasteiger partial charge is 0.465 e. The Morgan fingerprint density at radius 3 is 2.04 bits per heavy atom. The van der Waals surface area contributed by atoms with Crippen molar-refractivity contribution in [1.82, 2.24) is 0 Å². The zero-order chi connectivity index (χ0) is 19.3. The minimum atomic E-state index is -5.97. The molecule has 0 saturated heterocycles. The van der Waals surface area contributed by atoms with E-state index in [2.05, 4.69) is 4.74 Å². The SMILES string of the molecule is CCC1(OC(=O)COC(=O)C(F)(F)S(=O)(=O)O)C2CC3CC(C2)CC1C3. The molecule has 0 amide bonds. The maximum absolute atomic E-state index is 13.1. The Balaban J connectivity index is 1.63. The van der Waals surface area contributed by atoms with Crippen LogP contribution in [0.3, 0.4) is 0 Å². The van der Waals surface area contributed by atoms with Gasteiger partial charge >= 0.3 is 27.3 Å². The van der Waals surface area contributed by atoms with E-state index in [0.717, 1.165) is 25.7 Å². The average molecular weight is 396 g/mol. The van der Waals surface area contributed by atoms with E-state index in [4.69, 9.17) is 9.29 Å². The van der Waals surface area contributed by atoms with Gasteiger partial charge in [0.25, 0.3) is 0 Å². The summed E-state index contributed by atoms with van der Waals surface area (Å²) in [7, 11) is -5.97. The topological polar surface area (TPSA) is 107 Å². The quantitative estimate of drug-likeness (QED) is 0.541. The van der Waals surface area contributed by atoms with E-state index in [1.807, 2.05) is 6.92 Å². The normalized spacial score (nSPS) is 36.0. The second-order valence-corrected chi connectivity index (χ2v) is 9.12. The van der Waals surface area contributed by atoms with Crippen molar-refractivity contribution in [3.8, 4) is 0 Å². The maximum atomic E-state index is 13.1. The molecule has 0 atom stereocenters. The molecule has 7 nitrogen and oxygen atoms in total. The molecule has 4 fully saturated rings. The number of hydrogen-bond acceptors (Lipinski definition) is 6. The van der Waals surface area contributed by atoms with Crippen molar-refractivity contribution in [2.45, 2.75) is 56.3 Å². The summed E-state index contributed by atoms with van der Waals surface area (Å²) in [6.07, 6.45) is 5.67. The molecular formula is C16H22F2O7S. The lowest BCUT2D eigenvalue weighted by atomic mass is 9.49. The zero-order valence-electron chi connectivity index (χ0n) is 14.3. The van der Waals surface area contributed by atoms with E-state index in [0.29, 0.717) is 18.3 Å². The molecule has 0 unspecified atom stereocenters. The summed E-state index contributed by atoms with van der Waals surface area (Å²) in [5.41, 5.74) is -0.678. The number of hydrogen-bond donors (Lipinski definition) is 1. The zero-order valence-corrected chi connectivity index (χ0v) is 15.1. The van der Waals surface area contributed by atoms with Crippen molar-refractivity contribution < 1.29 is 40.8 Å². The fourth-order valence-corrected chi connectivity index (χ4v) is 5.62. The predicted molar refractivity (Wildman–Crippen MR) is 83.6 cm³/mol. The monoisotopic (exact) mass is 396 g/mol. The van der Waals surface area contributed by atoms with E-state index in [9.17, 15) is 26.8 Å². The molecule has 1 N–H and O–H groups in total. The van der Waals surface area contributed by atoms with Crippen molar-refractivity contribution in [3.63, 3.8) is 0 Å². The van der Waals surface area contributed by atoms with Crippen LogP contribution in [0, 0.1) is 23.7 Å². The molecule has 4 bridgehead atoms. The van der Waals surface area contributed by atoms with Crippen LogP contribution in [0.15, 0.2) is 0 Å². The van der Waals surface area contributed by atoms with Gasteiger partial charge in [-0.25, -0.2) is 9.59 Å². The molecule has 4 saturated carbocycles. The van der Waals surface area contributed by atoms with Crippen molar-refractivity contribution in [2.24, 2.45) is 23.7 Å². The van der Waals surface area contributed by atoms with Gasteiger partial charge in [-0.1, -0.05) is 6.92 Å². The average Bonchev–Trinajstić information content (AvgIpc) is 2.54. The number of carbonyl (C=O) groups excluding carboxylic acids is 2. The van der Waals surface area contributed by atoms with Gasteiger partial charge in [0.05, 0.1) is 0 Å². The first-order chi connectivity index (χ1) is 12.0. The minimum Gasteiger partial charge on any atom is -0.456 e. The molecule has 10 heteroatoms. The van der Waals surface area contributed by atoms with Gasteiger partial charge in [-0.15, -0.1) is 0 Å². The summed E-state index contributed by atoms with van der Waals surface area (Å²) in [5, 5.41) is -5.13. The number of carbonyl (C=O) groups is 2. The van der Waals surface area contributed by atoms with Crippen molar-refractivity contribution >= 4 is 22.1 Å². The van der Waals surface area contributed by atoms with Crippen LogP contribution < -0.4 is 0 Å². The Morgan fingerprint density at radius 2 is 1.62 bits per heavy atom. The number of ether oxygens (including phenoxy) is 2. The number of rotatable bonds is 6. The van der Waals surface area contributed by atoms with Gasteiger partial charge in [0, 0.05) is 0 Å². The van der Waals surface area contributed by atoms with Gasteiger partial charge in [-0.2, -0.15) is 17.2 Å². The van der Waals surface area contributed by atoms with Gasteiger partial charge in [0.15, 0.2) is 6.61 Å². The molecule has 148 valence electrons. The molecule has 0 spiro atoms. The number of esters is 2. The molecule has 0 radical (unpaired) electrons. The Labute approximate surface area is 150 Å². The van der Waals surface area contributed by atoms with Gasteiger partial charge in [-0.05, 0) is 62.2 Å². The molecule has 0 heterocycles. The van der Waals surface area contributed by atoms with Crippen LogP contribution in [0.4, 0.5) is 8.78 Å². The van der Waals surface area contributed by atoms with Gasteiger partial charge in [0.2, 0.25) is 0 Å². The molecule has 4 rings (SSSR count). The number of alkyl halides is 2. The lowest BCUT2D eigenvalue weighted by Crippen LogP contribution is -2.59. The third kappa shape index (κ3) is 3.11. The lowest BCUT2D eigenvalue weighted by Gasteiger charge is -2.60. The van der Waals surface area contributed by atoms with Crippen molar-refractivity contribution in [2.75, 3.05) is 6.61 Å². The Hall–Kier alpha value is -1.29. The first-order valence-electron chi connectivity index (χ1n) is 8.73. The second kappa shape index (κ2) is 6.40. The minimum absolute atomic E-state index is 0.211. The lowest BCUT2D eigenvalue weighted by molar-refractivity contribution is -0.215. The fourth-order valence-electron chi connectivity index (χ4n) is 5.35. The van der Waals surface area contributed by atoms with Crippen molar-refractivity contribution in [3.05, 3.63) is 0 Å². The molecule has 26 heavy (non-hydrogen) atoms. The Kier molecular flexibility index (Phi) is 4.79. The summed E-state index contributed by atoms with van der Waals surface area (Å²) in [6, 6.07) is 0. The van der Waals surface area contributed by atoms with E-state index >= 15 is 0 Å². The Bertz CT molecular complexity index is 675. The molecular weight excluding hydrogens is 374 g/mol. The first kappa shape index (κ1) is 19.5. The summed E-state index contributed by atoms with van der Waals surface area (Å²) in [6.45, 7) is 0.784. The van der Waals surface area contributed by atoms with E-state index in [1.54, 1.807) is 0 Å². The third-order valence-corrected chi connectivity index (χ3v) is 7.07. The van der Waals surface area contributed by atoms with Crippen LogP contribution >= 0.6 is 0 Å². The van der Waals surface area contributed by atoms with E-state index in [-0.39, 0.29) is 11.8 Å². The summed E-state index contributed by atoms with van der Waals surface area (Å²) in [4.78, 5) is 23.3. The molecule has 4 aliphatic rings.